The topological polar surface area (TPSA) is 85.1 Å². The number of hydrogen-bond acceptors (Lipinski definition) is 4. The lowest BCUT2D eigenvalue weighted by Crippen LogP contribution is -2.16. The number of sulfonamides is 1. The molecule has 7 heteroatoms. The van der Waals surface area contributed by atoms with Gasteiger partial charge in [0.25, 0.3) is 10.0 Å². The predicted molar refractivity (Wildman–Crippen MR) is 86.6 cm³/mol. The van der Waals surface area contributed by atoms with Crippen LogP contribution in [-0.2, 0) is 16.6 Å². The predicted octanol–water partition coefficient (Wildman–Crippen LogP) is 2.72. The molecule has 0 bridgehead atoms. The van der Waals surface area contributed by atoms with Crippen LogP contribution in [0.3, 0.4) is 0 Å². The van der Waals surface area contributed by atoms with Crippen LogP contribution in [-0.4, -0.2) is 13.4 Å². The molecule has 0 saturated heterocycles. The highest BCUT2D eigenvalue weighted by Gasteiger charge is 2.19. The first-order valence-electron chi connectivity index (χ1n) is 6.28. The number of nitrogens with one attached hydrogen (secondary N) is 1. The number of nitrogens with zero attached hydrogens (tertiary/aromatic N) is 1. The Bertz CT molecular complexity index is 776. The lowest BCUT2D eigenvalue weighted by Gasteiger charge is -2.12. The Morgan fingerprint density at radius 3 is 2.57 bits per heavy atom. The first-order chi connectivity index (χ1) is 9.83. The van der Waals surface area contributed by atoms with Gasteiger partial charge in [-0.05, 0) is 58.6 Å². The van der Waals surface area contributed by atoms with E-state index in [2.05, 4.69) is 25.6 Å². The molecule has 0 fully saturated rings. The summed E-state index contributed by atoms with van der Waals surface area (Å²) in [5, 5.41) is 0. The van der Waals surface area contributed by atoms with Crippen LogP contribution < -0.4 is 10.5 Å². The molecule has 0 atom stereocenters. The van der Waals surface area contributed by atoms with Gasteiger partial charge in [0.05, 0.1) is 4.90 Å². The Morgan fingerprint density at radius 1 is 1.24 bits per heavy atom. The molecule has 0 aliphatic carbocycles. The van der Waals surface area contributed by atoms with E-state index in [0.717, 1.165) is 15.6 Å². The minimum absolute atomic E-state index is 0.217. The van der Waals surface area contributed by atoms with Gasteiger partial charge >= 0.3 is 0 Å². The molecule has 112 valence electrons. The number of benzene rings is 1. The molecule has 2 rings (SSSR count). The van der Waals surface area contributed by atoms with Gasteiger partial charge in [-0.25, -0.2) is 13.4 Å². The molecule has 21 heavy (non-hydrogen) atoms. The number of nitrogens with two attached hydrogens (primary N) is 1. The molecular weight excluding hydrogens is 354 g/mol. The summed E-state index contributed by atoms with van der Waals surface area (Å²) in [6.07, 6.45) is 1.55. The highest BCUT2D eigenvalue weighted by atomic mass is 79.9. The smallest absolute Gasteiger partial charge is 0.263 e. The molecule has 1 aromatic carbocycles. The average molecular weight is 370 g/mol. The lowest BCUT2D eigenvalue weighted by molar-refractivity contribution is 0.600. The zero-order valence-corrected chi connectivity index (χ0v) is 14.1. The average Bonchev–Trinajstić information content (AvgIpc) is 2.42. The monoisotopic (exact) mass is 369 g/mol. The van der Waals surface area contributed by atoms with E-state index < -0.39 is 10.0 Å². The van der Waals surface area contributed by atoms with E-state index in [1.165, 1.54) is 0 Å². The highest BCUT2D eigenvalue weighted by Crippen LogP contribution is 2.23. The number of rotatable bonds is 4. The van der Waals surface area contributed by atoms with E-state index >= 15 is 0 Å². The summed E-state index contributed by atoms with van der Waals surface area (Å²) >= 11 is 3.30. The maximum atomic E-state index is 12.5. The summed E-state index contributed by atoms with van der Waals surface area (Å²) in [6.45, 7) is 3.83. The lowest BCUT2D eigenvalue weighted by atomic mass is 10.1. The molecule has 0 aliphatic heterocycles. The van der Waals surface area contributed by atoms with Gasteiger partial charge in [-0.2, -0.15) is 0 Å². The molecule has 1 aromatic heterocycles. The van der Waals surface area contributed by atoms with Crippen molar-refractivity contribution in [1.82, 2.24) is 4.98 Å². The van der Waals surface area contributed by atoms with Gasteiger partial charge in [-0.1, -0.05) is 12.1 Å². The Hall–Kier alpha value is -1.44. The van der Waals surface area contributed by atoms with Crippen LogP contribution in [0.5, 0.6) is 0 Å². The van der Waals surface area contributed by atoms with Crippen molar-refractivity contribution < 1.29 is 8.42 Å². The summed E-state index contributed by atoms with van der Waals surface area (Å²) in [6, 6.07) is 6.95. The fourth-order valence-electron chi connectivity index (χ4n) is 1.89. The minimum atomic E-state index is -3.70. The maximum absolute atomic E-state index is 12.5. The van der Waals surface area contributed by atoms with Crippen LogP contribution in [0, 0.1) is 13.8 Å². The SMILES string of the molecule is Cc1ccc(CN)cc1S(=O)(=O)Nc1ncc(Br)cc1C. The Balaban J connectivity index is 2.43. The first-order valence-corrected chi connectivity index (χ1v) is 8.55. The third-order valence-electron chi connectivity index (χ3n) is 3.05. The number of aromatic nitrogens is 1. The van der Waals surface area contributed by atoms with Crippen LogP contribution >= 0.6 is 15.9 Å². The quantitative estimate of drug-likeness (QED) is 0.867. The summed E-state index contributed by atoms with van der Waals surface area (Å²) < 4.78 is 28.4. The zero-order valence-electron chi connectivity index (χ0n) is 11.7. The van der Waals surface area contributed by atoms with E-state index in [1.54, 1.807) is 38.2 Å². The second kappa shape index (κ2) is 6.13. The molecule has 0 spiro atoms. The summed E-state index contributed by atoms with van der Waals surface area (Å²) in [5.41, 5.74) is 7.74. The number of aryl methyl sites for hydroxylation is 2. The van der Waals surface area contributed by atoms with Gasteiger partial charge in [-0.3, -0.25) is 4.72 Å². The van der Waals surface area contributed by atoms with E-state index in [4.69, 9.17) is 5.73 Å². The van der Waals surface area contributed by atoms with Crippen LogP contribution in [0.15, 0.2) is 39.8 Å². The van der Waals surface area contributed by atoms with E-state index in [9.17, 15) is 8.42 Å². The molecule has 0 saturated carbocycles. The summed E-state index contributed by atoms with van der Waals surface area (Å²) in [5.74, 6) is 0.316. The van der Waals surface area contributed by atoms with Gasteiger partial charge in [-0.15, -0.1) is 0 Å². The van der Waals surface area contributed by atoms with Crippen LogP contribution in [0.25, 0.3) is 0 Å². The van der Waals surface area contributed by atoms with Crippen LogP contribution in [0.1, 0.15) is 16.7 Å². The fourth-order valence-corrected chi connectivity index (χ4v) is 3.71. The van der Waals surface area contributed by atoms with Crippen molar-refractivity contribution >= 4 is 31.8 Å². The Kier molecular flexibility index (Phi) is 4.65. The highest BCUT2D eigenvalue weighted by molar-refractivity contribution is 9.10. The van der Waals surface area contributed by atoms with E-state index in [1.807, 2.05) is 6.07 Å². The van der Waals surface area contributed by atoms with Gasteiger partial charge in [0, 0.05) is 17.2 Å². The van der Waals surface area contributed by atoms with Crippen molar-refractivity contribution in [3.8, 4) is 0 Å². The van der Waals surface area contributed by atoms with Gasteiger partial charge in [0.15, 0.2) is 0 Å². The third-order valence-corrected chi connectivity index (χ3v) is 4.97. The fraction of sp³-hybridized carbons (Fsp3) is 0.214. The second-order valence-corrected chi connectivity index (χ2v) is 7.30. The van der Waals surface area contributed by atoms with Crippen LogP contribution in [0.4, 0.5) is 5.82 Å². The zero-order chi connectivity index (χ0) is 15.6. The molecule has 2 aromatic rings. The first kappa shape index (κ1) is 15.9. The molecule has 3 N–H and O–H groups in total. The van der Waals surface area contributed by atoms with Crippen molar-refractivity contribution in [2.45, 2.75) is 25.3 Å². The minimum Gasteiger partial charge on any atom is -0.326 e. The Labute approximate surface area is 132 Å². The number of halogens is 1. The van der Waals surface area contributed by atoms with Gasteiger partial charge in [0.1, 0.15) is 5.82 Å². The van der Waals surface area contributed by atoms with Crippen LogP contribution in [0.2, 0.25) is 0 Å². The number of anilines is 1. The molecule has 0 unspecified atom stereocenters. The van der Waals surface area contributed by atoms with Crippen molar-refractivity contribution in [2.75, 3.05) is 4.72 Å². The molecule has 0 amide bonds. The third kappa shape index (κ3) is 3.61. The van der Waals surface area contributed by atoms with Gasteiger partial charge in [0.2, 0.25) is 0 Å². The Morgan fingerprint density at radius 2 is 1.95 bits per heavy atom. The van der Waals surface area contributed by atoms with Crippen molar-refractivity contribution in [3.05, 3.63) is 51.6 Å². The summed E-state index contributed by atoms with van der Waals surface area (Å²) in [7, 11) is -3.70. The number of hydrogen-bond donors (Lipinski definition) is 2. The van der Waals surface area contributed by atoms with Gasteiger partial charge < -0.3 is 5.73 Å². The van der Waals surface area contributed by atoms with Crippen molar-refractivity contribution in [3.63, 3.8) is 0 Å². The second-order valence-electron chi connectivity index (χ2n) is 4.73. The standard InChI is InChI=1S/C14H16BrN3O2S/c1-9-3-4-11(7-16)6-13(9)21(19,20)18-14-10(2)5-12(15)8-17-14/h3-6,8H,7,16H2,1-2H3,(H,17,18). The van der Waals surface area contributed by atoms with Crippen molar-refractivity contribution in [1.29, 1.82) is 0 Å². The van der Waals surface area contributed by atoms with E-state index in [-0.39, 0.29) is 4.90 Å². The molecule has 0 aliphatic rings. The molecule has 0 radical (unpaired) electrons. The van der Waals surface area contributed by atoms with Crippen molar-refractivity contribution in [2.24, 2.45) is 5.73 Å². The van der Waals surface area contributed by atoms with E-state index in [0.29, 0.717) is 17.9 Å². The largest absolute Gasteiger partial charge is 0.326 e. The maximum Gasteiger partial charge on any atom is 0.263 e. The molecular formula is C14H16BrN3O2S. The molecule has 5 nitrogen and oxygen atoms in total. The number of pyridine rings is 1. The normalized spacial score (nSPS) is 11.4. The molecule has 1 heterocycles. The summed E-state index contributed by atoms with van der Waals surface area (Å²) in [4.78, 5) is 4.32.